The summed E-state index contributed by atoms with van der Waals surface area (Å²) in [5.41, 5.74) is 3.21. The first kappa shape index (κ1) is 20.6. The number of hydrogen-bond acceptors (Lipinski definition) is 5. The minimum atomic E-state index is -1.46. The highest BCUT2D eigenvalue weighted by Crippen LogP contribution is 2.28. The van der Waals surface area contributed by atoms with E-state index in [2.05, 4.69) is 24.0 Å². The van der Waals surface area contributed by atoms with Crippen molar-refractivity contribution in [2.75, 3.05) is 13.2 Å². The van der Waals surface area contributed by atoms with Crippen LogP contribution in [0.3, 0.4) is 0 Å². The maximum absolute atomic E-state index is 11.3. The van der Waals surface area contributed by atoms with Gasteiger partial charge in [-0.25, -0.2) is 9.78 Å². The first-order chi connectivity index (χ1) is 13.4. The van der Waals surface area contributed by atoms with Gasteiger partial charge in [0.25, 0.3) is 5.79 Å². The summed E-state index contributed by atoms with van der Waals surface area (Å²) in [5, 5.41) is 9.27. The normalized spacial score (nSPS) is 22.3. The third-order valence-electron chi connectivity index (χ3n) is 5.36. The highest BCUT2D eigenvalue weighted by molar-refractivity contribution is 5.75. The Hall–Kier alpha value is -2.18. The Balaban J connectivity index is 1.45. The fraction of sp³-hybridized carbons (Fsp3) is 0.545. The summed E-state index contributed by atoms with van der Waals surface area (Å²) in [6, 6.07) is 8.17. The summed E-state index contributed by atoms with van der Waals surface area (Å²) in [4.78, 5) is 16.0. The first-order valence-corrected chi connectivity index (χ1v) is 9.98. The lowest BCUT2D eigenvalue weighted by molar-refractivity contribution is -0.280. The standard InChI is InChI=1S/C22H29NO5/c1-4-22(21(24)25)26-13-17(14-27-22)7-5-6-8-19-16(3)28-20(23-19)18-11-9-15(2)10-12-18/h9-12,17H,4-8,13-14H2,1-3H3,(H,24,25)/t17-,22+. The monoisotopic (exact) mass is 387 g/mol. The number of oxazole rings is 1. The van der Waals surface area contributed by atoms with E-state index in [9.17, 15) is 9.90 Å². The molecule has 0 bridgehead atoms. The second-order valence-electron chi connectivity index (χ2n) is 7.53. The molecule has 1 aromatic heterocycles. The average Bonchev–Trinajstić information content (AvgIpc) is 3.07. The topological polar surface area (TPSA) is 81.8 Å². The van der Waals surface area contributed by atoms with E-state index in [-0.39, 0.29) is 5.92 Å². The first-order valence-electron chi connectivity index (χ1n) is 9.98. The van der Waals surface area contributed by atoms with Crippen LogP contribution >= 0.6 is 0 Å². The molecule has 1 saturated heterocycles. The summed E-state index contributed by atoms with van der Waals surface area (Å²) < 4.78 is 16.9. The van der Waals surface area contributed by atoms with E-state index in [1.54, 1.807) is 6.92 Å². The van der Waals surface area contributed by atoms with E-state index in [4.69, 9.17) is 13.9 Å². The van der Waals surface area contributed by atoms with E-state index >= 15 is 0 Å². The third kappa shape index (κ3) is 4.62. The fourth-order valence-corrected chi connectivity index (χ4v) is 3.45. The van der Waals surface area contributed by atoms with Crippen molar-refractivity contribution < 1.29 is 23.8 Å². The molecule has 1 aliphatic rings. The van der Waals surface area contributed by atoms with Crippen LogP contribution in [0.15, 0.2) is 28.7 Å². The molecule has 0 spiro atoms. The summed E-state index contributed by atoms with van der Waals surface area (Å²) in [5.74, 6) is -0.721. The molecule has 0 radical (unpaired) electrons. The summed E-state index contributed by atoms with van der Waals surface area (Å²) in [7, 11) is 0. The molecular formula is C22H29NO5. The summed E-state index contributed by atoms with van der Waals surface area (Å²) >= 11 is 0. The van der Waals surface area contributed by atoms with Gasteiger partial charge in [-0.15, -0.1) is 0 Å². The van der Waals surface area contributed by atoms with Crippen LogP contribution in [0.4, 0.5) is 0 Å². The average molecular weight is 387 g/mol. The zero-order chi connectivity index (χ0) is 20.1. The van der Waals surface area contributed by atoms with Crippen molar-refractivity contribution in [3.05, 3.63) is 41.3 Å². The van der Waals surface area contributed by atoms with Gasteiger partial charge in [0.15, 0.2) is 0 Å². The van der Waals surface area contributed by atoms with E-state index in [0.29, 0.717) is 25.5 Å². The Morgan fingerprint density at radius 2 is 1.86 bits per heavy atom. The van der Waals surface area contributed by atoms with E-state index in [0.717, 1.165) is 42.7 Å². The molecular weight excluding hydrogens is 358 g/mol. The molecule has 1 aromatic carbocycles. The molecule has 0 atom stereocenters. The Morgan fingerprint density at radius 1 is 1.18 bits per heavy atom. The van der Waals surface area contributed by atoms with Crippen LogP contribution in [-0.2, 0) is 20.7 Å². The summed E-state index contributed by atoms with van der Waals surface area (Å²) in [6.45, 7) is 6.64. The van der Waals surface area contributed by atoms with Crippen molar-refractivity contribution >= 4 is 5.97 Å². The largest absolute Gasteiger partial charge is 0.477 e. The van der Waals surface area contributed by atoms with E-state index in [1.807, 2.05) is 19.1 Å². The van der Waals surface area contributed by atoms with Crippen molar-refractivity contribution in [1.29, 1.82) is 0 Å². The van der Waals surface area contributed by atoms with Crippen LogP contribution in [-0.4, -0.2) is 35.1 Å². The van der Waals surface area contributed by atoms with Gasteiger partial charge in [-0.3, -0.25) is 0 Å². The van der Waals surface area contributed by atoms with Gasteiger partial charge in [-0.2, -0.15) is 0 Å². The zero-order valence-electron chi connectivity index (χ0n) is 16.9. The maximum Gasteiger partial charge on any atom is 0.364 e. The number of unbranched alkanes of at least 4 members (excludes halogenated alkanes) is 1. The highest BCUT2D eigenvalue weighted by Gasteiger charge is 2.43. The van der Waals surface area contributed by atoms with Gasteiger partial charge in [0, 0.05) is 17.9 Å². The Morgan fingerprint density at radius 3 is 2.46 bits per heavy atom. The Bertz CT molecular complexity index is 788. The fourth-order valence-electron chi connectivity index (χ4n) is 3.45. The second-order valence-corrected chi connectivity index (χ2v) is 7.53. The smallest absolute Gasteiger partial charge is 0.364 e. The molecule has 0 saturated carbocycles. The number of benzene rings is 1. The van der Waals surface area contributed by atoms with Crippen molar-refractivity contribution in [2.24, 2.45) is 5.92 Å². The number of hydrogen-bond donors (Lipinski definition) is 1. The zero-order valence-corrected chi connectivity index (χ0v) is 16.9. The molecule has 1 aliphatic heterocycles. The third-order valence-corrected chi connectivity index (χ3v) is 5.36. The quantitative estimate of drug-likeness (QED) is 0.671. The van der Waals surface area contributed by atoms with Crippen LogP contribution in [0, 0.1) is 19.8 Å². The molecule has 0 unspecified atom stereocenters. The van der Waals surface area contributed by atoms with Crippen molar-refractivity contribution in [1.82, 2.24) is 4.98 Å². The molecule has 28 heavy (non-hydrogen) atoms. The number of carboxylic acids is 1. The molecule has 0 aliphatic carbocycles. The van der Waals surface area contributed by atoms with Gasteiger partial charge in [0.2, 0.25) is 5.89 Å². The van der Waals surface area contributed by atoms with Gasteiger partial charge in [0.05, 0.1) is 18.9 Å². The molecule has 3 rings (SSSR count). The lowest BCUT2D eigenvalue weighted by Gasteiger charge is -2.36. The molecule has 1 N–H and O–H groups in total. The molecule has 6 nitrogen and oxygen atoms in total. The molecule has 152 valence electrons. The second kappa shape index (κ2) is 8.88. The predicted molar refractivity (Wildman–Crippen MR) is 105 cm³/mol. The molecule has 0 amide bonds. The number of ether oxygens (including phenoxy) is 2. The van der Waals surface area contributed by atoms with Gasteiger partial charge < -0.3 is 19.0 Å². The van der Waals surface area contributed by atoms with Crippen molar-refractivity contribution in [3.63, 3.8) is 0 Å². The number of aromatic nitrogens is 1. The number of aliphatic carboxylic acids is 1. The predicted octanol–water partition coefficient (Wildman–Crippen LogP) is 4.53. The van der Waals surface area contributed by atoms with E-state index in [1.165, 1.54) is 5.56 Å². The Kier molecular flexibility index (Phi) is 6.52. The molecule has 6 heteroatoms. The molecule has 1 fully saturated rings. The van der Waals surface area contributed by atoms with Gasteiger partial charge in [0.1, 0.15) is 5.76 Å². The maximum atomic E-state index is 11.3. The number of aryl methyl sites for hydroxylation is 3. The van der Waals surface area contributed by atoms with E-state index < -0.39 is 11.8 Å². The number of rotatable bonds is 8. The molecule has 2 aromatic rings. The van der Waals surface area contributed by atoms with Gasteiger partial charge >= 0.3 is 5.97 Å². The SMILES string of the molecule is CC[C@]1(C(=O)O)OC[C@@H](CCCCc2nc(-c3ccc(C)cc3)oc2C)CO1. The number of nitrogens with zero attached hydrogens (tertiary/aromatic N) is 1. The number of carbonyl (C=O) groups is 1. The van der Waals surface area contributed by atoms with Crippen LogP contribution < -0.4 is 0 Å². The van der Waals surface area contributed by atoms with Crippen molar-refractivity contribution in [3.8, 4) is 11.5 Å². The van der Waals surface area contributed by atoms with Crippen molar-refractivity contribution in [2.45, 2.75) is 58.7 Å². The van der Waals surface area contributed by atoms with Crippen LogP contribution in [0.2, 0.25) is 0 Å². The lowest BCUT2D eigenvalue weighted by atomic mass is 10.0. The van der Waals surface area contributed by atoms with Crippen LogP contribution in [0.1, 0.15) is 49.6 Å². The molecule has 2 heterocycles. The van der Waals surface area contributed by atoms with Gasteiger partial charge in [-0.05, 0) is 45.2 Å². The minimum absolute atomic E-state index is 0.237. The summed E-state index contributed by atoms with van der Waals surface area (Å²) in [6.07, 6.45) is 4.12. The number of carboxylic acid groups (broad SMARTS) is 1. The van der Waals surface area contributed by atoms with Crippen LogP contribution in [0.25, 0.3) is 11.5 Å². The van der Waals surface area contributed by atoms with Gasteiger partial charge in [-0.1, -0.05) is 31.0 Å². The highest BCUT2D eigenvalue weighted by atomic mass is 16.7. The Labute approximate surface area is 165 Å². The lowest BCUT2D eigenvalue weighted by Crippen LogP contribution is -2.49. The minimum Gasteiger partial charge on any atom is -0.477 e. The van der Waals surface area contributed by atoms with Crippen LogP contribution in [0.5, 0.6) is 0 Å².